The summed E-state index contributed by atoms with van der Waals surface area (Å²) in [6.07, 6.45) is 1.02. The van der Waals surface area contributed by atoms with Crippen molar-refractivity contribution in [2.24, 2.45) is 0 Å². The molecule has 1 aliphatic heterocycles. The zero-order chi connectivity index (χ0) is 16.6. The number of nitrogens with zero attached hydrogens (tertiary/aromatic N) is 1. The molecule has 23 heavy (non-hydrogen) atoms. The number of aryl methyl sites for hydroxylation is 2. The van der Waals surface area contributed by atoms with Crippen molar-refractivity contribution in [3.05, 3.63) is 53.1 Å². The van der Waals surface area contributed by atoms with Crippen LogP contribution in [0.4, 0.5) is 5.69 Å². The van der Waals surface area contributed by atoms with Gasteiger partial charge in [-0.3, -0.25) is 0 Å². The Hall–Kier alpha value is -2.16. The number of phenols is 1. The average molecular weight is 311 g/mol. The van der Waals surface area contributed by atoms with Gasteiger partial charge in [0.15, 0.2) is 0 Å². The summed E-state index contributed by atoms with van der Waals surface area (Å²) in [6.45, 7) is 9.45. The molecule has 0 amide bonds. The number of ether oxygens (including phenoxy) is 1. The van der Waals surface area contributed by atoms with Crippen LogP contribution in [-0.4, -0.2) is 23.8 Å². The Bertz CT molecular complexity index is 689. The Labute approximate surface area is 138 Å². The predicted octanol–water partition coefficient (Wildman–Crippen LogP) is 4.23. The molecule has 3 heteroatoms. The molecule has 3 rings (SSSR count). The van der Waals surface area contributed by atoms with Crippen molar-refractivity contribution >= 4 is 5.69 Å². The van der Waals surface area contributed by atoms with Crippen molar-refractivity contribution in [2.75, 3.05) is 11.4 Å². The van der Waals surface area contributed by atoms with Crippen molar-refractivity contribution in [2.45, 2.75) is 46.3 Å². The third kappa shape index (κ3) is 3.44. The number of aromatic hydroxyl groups is 1. The van der Waals surface area contributed by atoms with E-state index in [9.17, 15) is 5.11 Å². The van der Waals surface area contributed by atoms with Crippen molar-refractivity contribution in [1.29, 1.82) is 0 Å². The quantitative estimate of drug-likeness (QED) is 0.921. The normalized spacial score (nSPS) is 17.1. The summed E-state index contributed by atoms with van der Waals surface area (Å²) in [6, 6.07) is 12.4. The molecule has 1 unspecified atom stereocenters. The van der Waals surface area contributed by atoms with Gasteiger partial charge in [-0.1, -0.05) is 29.3 Å². The van der Waals surface area contributed by atoms with E-state index in [0.29, 0.717) is 6.04 Å². The van der Waals surface area contributed by atoms with E-state index in [0.717, 1.165) is 24.4 Å². The molecule has 0 saturated heterocycles. The summed E-state index contributed by atoms with van der Waals surface area (Å²) in [7, 11) is 0. The molecule has 0 radical (unpaired) electrons. The lowest BCUT2D eigenvalue weighted by molar-refractivity contribution is 0.190. The Morgan fingerprint density at radius 2 is 1.83 bits per heavy atom. The van der Waals surface area contributed by atoms with E-state index in [4.69, 9.17) is 4.74 Å². The van der Waals surface area contributed by atoms with Gasteiger partial charge in [0.05, 0.1) is 12.2 Å². The maximum Gasteiger partial charge on any atom is 0.143 e. The van der Waals surface area contributed by atoms with E-state index in [1.165, 1.54) is 16.7 Å². The fourth-order valence-electron chi connectivity index (χ4n) is 3.41. The molecule has 2 aromatic carbocycles. The van der Waals surface area contributed by atoms with Crippen LogP contribution in [0.1, 0.15) is 30.5 Å². The number of fused-ring (bicyclic) bond motifs is 1. The number of rotatable bonds is 3. The van der Waals surface area contributed by atoms with Gasteiger partial charge in [-0.2, -0.15) is 0 Å². The second kappa shape index (κ2) is 6.15. The number of hydrogen-bond donors (Lipinski definition) is 1. The SMILES string of the molecule is Cc1cc(C)cc(CC2CN(C(C)C)c3cc(O)ccc3O2)c1. The van der Waals surface area contributed by atoms with Crippen LogP contribution in [0.15, 0.2) is 36.4 Å². The molecular formula is C20H25NO2. The molecule has 3 nitrogen and oxygen atoms in total. The van der Waals surface area contributed by atoms with Gasteiger partial charge in [-0.25, -0.2) is 0 Å². The van der Waals surface area contributed by atoms with Crippen LogP contribution < -0.4 is 9.64 Å². The summed E-state index contributed by atoms with van der Waals surface area (Å²) in [4.78, 5) is 2.31. The second-order valence-corrected chi connectivity index (χ2v) is 6.84. The molecule has 2 aromatic rings. The molecule has 0 bridgehead atoms. The molecular weight excluding hydrogens is 286 g/mol. The van der Waals surface area contributed by atoms with Crippen LogP contribution in [0.25, 0.3) is 0 Å². The zero-order valence-corrected chi connectivity index (χ0v) is 14.3. The van der Waals surface area contributed by atoms with Crippen molar-refractivity contribution in [3.8, 4) is 11.5 Å². The number of benzene rings is 2. The van der Waals surface area contributed by atoms with Crippen molar-refractivity contribution in [1.82, 2.24) is 0 Å². The molecule has 0 fully saturated rings. The molecule has 0 saturated carbocycles. The fourth-order valence-corrected chi connectivity index (χ4v) is 3.41. The highest BCUT2D eigenvalue weighted by atomic mass is 16.5. The minimum atomic E-state index is 0.121. The first-order valence-electron chi connectivity index (χ1n) is 8.26. The summed E-state index contributed by atoms with van der Waals surface area (Å²) >= 11 is 0. The van der Waals surface area contributed by atoms with E-state index >= 15 is 0 Å². The molecule has 1 aliphatic rings. The van der Waals surface area contributed by atoms with Crippen LogP contribution in [0.5, 0.6) is 11.5 Å². The minimum absolute atomic E-state index is 0.121. The maximum absolute atomic E-state index is 9.77. The largest absolute Gasteiger partial charge is 0.508 e. The summed E-state index contributed by atoms with van der Waals surface area (Å²) in [5, 5.41) is 9.77. The maximum atomic E-state index is 9.77. The Morgan fingerprint density at radius 3 is 2.48 bits per heavy atom. The van der Waals surface area contributed by atoms with Gasteiger partial charge >= 0.3 is 0 Å². The molecule has 122 valence electrons. The monoisotopic (exact) mass is 311 g/mol. The van der Waals surface area contributed by atoms with Gasteiger partial charge in [-0.15, -0.1) is 0 Å². The summed E-state index contributed by atoms with van der Waals surface area (Å²) < 4.78 is 6.20. The van der Waals surface area contributed by atoms with Gasteiger partial charge in [0.2, 0.25) is 0 Å². The van der Waals surface area contributed by atoms with Gasteiger partial charge < -0.3 is 14.7 Å². The highest BCUT2D eigenvalue weighted by Gasteiger charge is 2.27. The van der Waals surface area contributed by atoms with Crippen molar-refractivity contribution in [3.63, 3.8) is 0 Å². The van der Waals surface area contributed by atoms with Crippen LogP contribution in [0, 0.1) is 13.8 Å². The lowest BCUT2D eigenvalue weighted by Crippen LogP contribution is -2.44. The van der Waals surface area contributed by atoms with Gasteiger partial charge in [0.1, 0.15) is 17.6 Å². The lowest BCUT2D eigenvalue weighted by Gasteiger charge is -2.39. The molecule has 0 spiro atoms. The minimum Gasteiger partial charge on any atom is -0.508 e. The van der Waals surface area contributed by atoms with E-state index in [1.54, 1.807) is 12.1 Å². The van der Waals surface area contributed by atoms with Crippen LogP contribution in [0.3, 0.4) is 0 Å². The molecule has 1 heterocycles. The van der Waals surface area contributed by atoms with Crippen LogP contribution >= 0.6 is 0 Å². The van der Waals surface area contributed by atoms with Gasteiger partial charge in [0, 0.05) is 18.5 Å². The van der Waals surface area contributed by atoms with E-state index in [-0.39, 0.29) is 11.9 Å². The third-order valence-electron chi connectivity index (χ3n) is 4.31. The van der Waals surface area contributed by atoms with E-state index in [1.807, 2.05) is 6.07 Å². The number of hydrogen-bond acceptors (Lipinski definition) is 3. The molecule has 0 aliphatic carbocycles. The average Bonchev–Trinajstić information content (AvgIpc) is 2.45. The molecule has 1 atom stereocenters. The first-order chi connectivity index (χ1) is 10.9. The third-order valence-corrected chi connectivity index (χ3v) is 4.31. The highest BCUT2D eigenvalue weighted by molar-refractivity contribution is 5.63. The fraction of sp³-hybridized carbons (Fsp3) is 0.400. The van der Waals surface area contributed by atoms with E-state index in [2.05, 4.69) is 50.8 Å². The zero-order valence-electron chi connectivity index (χ0n) is 14.3. The Kier molecular flexibility index (Phi) is 4.20. The van der Waals surface area contributed by atoms with E-state index < -0.39 is 0 Å². The lowest BCUT2D eigenvalue weighted by atomic mass is 10.0. The van der Waals surface area contributed by atoms with Gasteiger partial charge in [0.25, 0.3) is 0 Å². The first-order valence-corrected chi connectivity index (χ1v) is 8.26. The summed E-state index contributed by atoms with van der Waals surface area (Å²) in [5.41, 5.74) is 4.89. The summed E-state index contributed by atoms with van der Waals surface area (Å²) in [5.74, 6) is 1.14. The van der Waals surface area contributed by atoms with Crippen LogP contribution in [-0.2, 0) is 6.42 Å². The Balaban J connectivity index is 1.86. The number of anilines is 1. The standard InChI is InChI=1S/C20H25NO2/c1-13(2)21-12-18(10-16-8-14(3)7-15(4)9-16)23-20-6-5-17(22)11-19(20)21/h5-9,11,13,18,22H,10,12H2,1-4H3. The second-order valence-electron chi connectivity index (χ2n) is 6.84. The van der Waals surface area contributed by atoms with Crippen LogP contribution in [0.2, 0.25) is 0 Å². The Morgan fingerprint density at radius 1 is 1.13 bits per heavy atom. The van der Waals surface area contributed by atoms with Crippen molar-refractivity contribution < 1.29 is 9.84 Å². The first kappa shape index (κ1) is 15.7. The van der Waals surface area contributed by atoms with Gasteiger partial charge in [-0.05, 0) is 45.4 Å². The molecule has 0 aromatic heterocycles. The molecule has 1 N–H and O–H groups in total. The predicted molar refractivity (Wildman–Crippen MR) is 94.6 cm³/mol. The topological polar surface area (TPSA) is 32.7 Å². The number of phenolic OH excluding ortho intramolecular Hbond substituents is 1. The highest BCUT2D eigenvalue weighted by Crippen LogP contribution is 2.37. The smallest absolute Gasteiger partial charge is 0.143 e.